The Kier molecular flexibility index (Phi) is 6.23. The average molecular weight is 409 g/mol. The fourth-order valence-corrected chi connectivity index (χ4v) is 2.92. The summed E-state index contributed by atoms with van der Waals surface area (Å²) in [4.78, 5) is 13.5. The van der Waals surface area contributed by atoms with E-state index in [9.17, 15) is 4.79 Å². The molecule has 20 heavy (non-hydrogen) atoms. The second kappa shape index (κ2) is 7.05. The highest BCUT2D eigenvalue weighted by molar-refractivity contribution is 14.2. The van der Waals surface area contributed by atoms with Gasteiger partial charge in [-0.3, -0.25) is 0 Å². The summed E-state index contributed by atoms with van der Waals surface area (Å²) in [7, 11) is 3.26. The summed E-state index contributed by atoms with van der Waals surface area (Å²) in [6.07, 6.45) is -0.325. The number of carbonyl (C=O) groups is 1. The highest BCUT2D eigenvalue weighted by Gasteiger charge is 2.46. The van der Waals surface area contributed by atoms with Crippen molar-refractivity contribution in [1.29, 1.82) is 0 Å². The second-order valence-electron chi connectivity index (χ2n) is 5.64. The summed E-state index contributed by atoms with van der Waals surface area (Å²) in [5.41, 5.74) is -0.216. The Labute approximate surface area is 137 Å². The van der Waals surface area contributed by atoms with Crippen LogP contribution in [0, 0.1) is 11.8 Å². The first-order valence-corrected chi connectivity index (χ1v) is 9.72. The standard InChI is InChI=1S/C14H20INO3S/c1-11(8-20-15)6-7-14(18-5)9-16(10-14)12(17)19-13(2,3)4/h1,8-10H2,2-5H3. The molecule has 0 radical (unpaired) electrons. The lowest BCUT2D eigenvalue weighted by molar-refractivity contribution is -0.0851. The molecule has 6 heteroatoms. The third-order valence-electron chi connectivity index (χ3n) is 2.63. The van der Waals surface area contributed by atoms with E-state index in [1.165, 1.54) is 0 Å². The molecule has 0 aromatic rings. The number of ether oxygens (including phenoxy) is 2. The molecule has 1 aliphatic heterocycles. The molecule has 0 aliphatic carbocycles. The number of hydrogen-bond donors (Lipinski definition) is 0. The normalized spacial score (nSPS) is 16.8. The van der Waals surface area contributed by atoms with Crippen LogP contribution in [0.1, 0.15) is 20.8 Å². The number of methoxy groups -OCH3 is 1. The largest absolute Gasteiger partial charge is 0.444 e. The third-order valence-corrected chi connectivity index (χ3v) is 4.02. The molecule has 1 amide bonds. The minimum absolute atomic E-state index is 0.325. The van der Waals surface area contributed by atoms with Crippen molar-refractivity contribution < 1.29 is 14.3 Å². The van der Waals surface area contributed by atoms with Gasteiger partial charge in [-0.25, -0.2) is 4.79 Å². The molecule has 0 bridgehead atoms. The van der Waals surface area contributed by atoms with Gasteiger partial charge in [0.1, 0.15) is 5.60 Å². The van der Waals surface area contributed by atoms with Crippen LogP contribution in [-0.2, 0) is 9.47 Å². The van der Waals surface area contributed by atoms with Crippen molar-refractivity contribution in [3.63, 3.8) is 0 Å². The smallest absolute Gasteiger partial charge is 0.410 e. The Morgan fingerprint density at radius 3 is 2.55 bits per heavy atom. The zero-order valence-electron chi connectivity index (χ0n) is 12.3. The molecule has 1 fully saturated rings. The average Bonchev–Trinajstić information content (AvgIpc) is 2.26. The van der Waals surface area contributed by atoms with Crippen molar-refractivity contribution >= 4 is 36.2 Å². The van der Waals surface area contributed by atoms with Gasteiger partial charge in [-0.15, -0.1) is 0 Å². The highest BCUT2D eigenvalue weighted by atomic mass is 127. The van der Waals surface area contributed by atoms with Crippen molar-refractivity contribution in [3.8, 4) is 11.8 Å². The minimum Gasteiger partial charge on any atom is -0.444 e. The lowest BCUT2D eigenvalue weighted by Gasteiger charge is -2.45. The van der Waals surface area contributed by atoms with Gasteiger partial charge in [0.25, 0.3) is 0 Å². The summed E-state index contributed by atoms with van der Waals surface area (Å²) >= 11 is 2.21. The molecule has 0 aromatic heterocycles. The molecule has 0 atom stereocenters. The van der Waals surface area contributed by atoms with Gasteiger partial charge in [0.05, 0.1) is 13.1 Å². The van der Waals surface area contributed by atoms with Gasteiger partial charge in [0.2, 0.25) is 0 Å². The molecule has 112 valence electrons. The molecule has 1 heterocycles. The van der Waals surface area contributed by atoms with Gasteiger partial charge in [-0.05, 0) is 42.0 Å². The maximum atomic E-state index is 11.9. The maximum Gasteiger partial charge on any atom is 0.410 e. The summed E-state index contributed by atoms with van der Waals surface area (Å²) in [6.45, 7) is 10.3. The van der Waals surface area contributed by atoms with Gasteiger partial charge in [-0.2, -0.15) is 0 Å². The first kappa shape index (κ1) is 17.7. The Morgan fingerprint density at radius 1 is 1.50 bits per heavy atom. The molecule has 0 aromatic carbocycles. The maximum absolute atomic E-state index is 11.9. The van der Waals surface area contributed by atoms with Crippen LogP contribution >= 0.6 is 30.1 Å². The molecular formula is C14H20INO3S. The monoisotopic (exact) mass is 409 g/mol. The number of hydrogen-bond acceptors (Lipinski definition) is 4. The van der Waals surface area contributed by atoms with Gasteiger partial charge < -0.3 is 14.4 Å². The molecule has 0 N–H and O–H groups in total. The fraction of sp³-hybridized carbons (Fsp3) is 0.643. The summed E-state index contributed by atoms with van der Waals surface area (Å²) in [6, 6.07) is 0. The first-order valence-electron chi connectivity index (χ1n) is 6.19. The lowest BCUT2D eigenvalue weighted by Crippen LogP contribution is -2.64. The van der Waals surface area contributed by atoms with Crippen molar-refractivity contribution in [2.45, 2.75) is 32.0 Å². The van der Waals surface area contributed by atoms with E-state index in [1.54, 1.807) is 20.9 Å². The second-order valence-corrected chi connectivity index (χ2v) is 8.02. The van der Waals surface area contributed by atoms with E-state index in [2.05, 4.69) is 39.6 Å². The quantitative estimate of drug-likeness (QED) is 0.530. The topological polar surface area (TPSA) is 38.8 Å². The van der Waals surface area contributed by atoms with E-state index >= 15 is 0 Å². The number of amides is 1. The molecule has 1 aliphatic rings. The Balaban J connectivity index is 2.58. The van der Waals surface area contributed by atoms with E-state index in [1.807, 2.05) is 20.8 Å². The fourth-order valence-electron chi connectivity index (χ4n) is 1.59. The predicted molar refractivity (Wildman–Crippen MR) is 90.9 cm³/mol. The molecule has 4 nitrogen and oxygen atoms in total. The van der Waals surface area contributed by atoms with E-state index in [0.29, 0.717) is 13.1 Å². The van der Waals surface area contributed by atoms with Crippen molar-refractivity contribution in [2.75, 3.05) is 26.0 Å². The van der Waals surface area contributed by atoms with Gasteiger partial charge in [0, 0.05) is 18.4 Å². The number of likely N-dealkylation sites (tertiary alicyclic amines) is 1. The highest BCUT2D eigenvalue weighted by Crippen LogP contribution is 2.26. The zero-order chi connectivity index (χ0) is 15.4. The van der Waals surface area contributed by atoms with Gasteiger partial charge in [0.15, 0.2) is 5.60 Å². The Bertz CT molecular complexity index is 442. The lowest BCUT2D eigenvalue weighted by atomic mass is 9.94. The van der Waals surface area contributed by atoms with Crippen LogP contribution in [-0.4, -0.2) is 48.1 Å². The van der Waals surface area contributed by atoms with Gasteiger partial charge in [-0.1, -0.05) is 27.4 Å². The minimum atomic E-state index is -0.588. The number of halogens is 1. The van der Waals surface area contributed by atoms with Crippen LogP contribution < -0.4 is 0 Å². The summed E-state index contributed by atoms with van der Waals surface area (Å²) in [5.74, 6) is 6.88. The van der Waals surface area contributed by atoms with Crippen LogP contribution in [0.3, 0.4) is 0 Å². The Hall–Kier alpha value is -0.390. The van der Waals surface area contributed by atoms with E-state index < -0.39 is 11.2 Å². The van der Waals surface area contributed by atoms with Gasteiger partial charge >= 0.3 is 6.09 Å². The number of carbonyl (C=O) groups excluding carboxylic acids is 1. The van der Waals surface area contributed by atoms with Crippen LogP contribution in [0.15, 0.2) is 12.2 Å². The van der Waals surface area contributed by atoms with Crippen LogP contribution in [0.2, 0.25) is 0 Å². The third kappa shape index (κ3) is 5.19. The number of rotatable bonds is 3. The van der Waals surface area contributed by atoms with Crippen LogP contribution in [0.4, 0.5) is 4.79 Å². The van der Waals surface area contributed by atoms with E-state index in [4.69, 9.17) is 9.47 Å². The van der Waals surface area contributed by atoms with Crippen LogP contribution in [0.5, 0.6) is 0 Å². The van der Waals surface area contributed by atoms with E-state index in [0.717, 1.165) is 11.3 Å². The van der Waals surface area contributed by atoms with Crippen molar-refractivity contribution in [2.24, 2.45) is 0 Å². The summed E-state index contributed by atoms with van der Waals surface area (Å²) < 4.78 is 10.7. The zero-order valence-corrected chi connectivity index (χ0v) is 15.3. The first-order chi connectivity index (χ1) is 9.21. The summed E-state index contributed by atoms with van der Waals surface area (Å²) in [5, 5.41) is 0. The predicted octanol–water partition coefficient (Wildman–Crippen LogP) is 3.27. The molecule has 1 saturated heterocycles. The molecule has 1 rings (SSSR count). The molecular weight excluding hydrogens is 389 g/mol. The van der Waals surface area contributed by atoms with E-state index in [-0.39, 0.29) is 6.09 Å². The number of nitrogens with zero attached hydrogens (tertiary/aromatic N) is 1. The van der Waals surface area contributed by atoms with Crippen LogP contribution in [0.25, 0.3) is 0 Å². The molecule has 0 spiro atoms. The van der Waals surface area contributed by atoms with Crippen molar-refractivity contribution in [3.05, 3.63) is 12.2 Å². The van der Waals surface area contributed by atoms with Crippen molar-refractivity contribution in [1.82, 2.24) is 4.90 Å². The Morgan fingerprint density at radius 2 is 2.10 bits per heavy atom. The molecule has 0 unspecified atom stereocenters. The SMILES string of the molecule is C=C(C#CC1(OC)CN(C(=O)OC(C)(C)C)C1)CSI. The molecule has 0 saturated carbocycles.